The number of carboxylic acid groups (broad SMARTS) is 4. The first-order valence-corrected chi connectivity index (χ1v) is 43.5. The lowest BCUT2D eigenvalue weighted by Gasteiger charge is -2.23. The van der Waals surface area contributed by atoms with Gasteiger partial charge >= 0.3 is 23.9 Å². The van der Waals surface area contributed by atoms with Crippen molar-refractivity contribution in [1.82, 2.24) is 21.3 Å². The SMILES string of the molecule is CC(=O)C(CCCCNC(=O)COCCOCCCC(=O)COCCOCCNC(=O)CC[C@H](CC(=O)CCCCCCCCCCCCC(=O)O)C(=O)O)CC(=O)[C@H](CCCCNC(=O)COCCOCCNC(=O)COCCOCCCC(O)CC[C@H](CC(=O)CCCCCCCCCCCCC(=O)O)C(=O)O)CC(=O)C(C)(C)C.[HH].[HH]. The van der Waals surface area contributed by atoms with Crippen molar-refractivity contribution in [2.75, 3.05) is 132 Å². The summed E-state index contributed by atoms with van der Waals surface area (Å²) in [7, 11) is 0. The number of nitrogens with one attached hydrogen (secondary N) is 4. The van der Waals surface area contributed by atoms with Crippen molar-refractivity contribution in [3.8, 4) is 0 Å². The number of Topliss-reactive ketones (excluding diaryl/α,β-unsaturated/α-hetero) is 6. The van der Waals surface area contributed by atoms with Gasteiger partial charge in [-0.05, 0) is 96.8 Å². The van der Waals surface area contributed by atoms with Gasteiger partial charge in [-0.3, -0.25) is 67.1 Å². The molecule has 0 spiro atoms. The number of carbonyl (C=O) groups is 14. The fraction of sp³-hybridized carbons (Fsp3) is 0.837. The first-order chi connectivity index (χ1) is 56.1. The smallest absolute Gasteiger partial charge is 0.306 e. The lowest BCUT2D eigenvalue weighted by molar-refractivity contribution is -0.144. The number of aliphatic hydroxyl groups excluding tert-OH is 1. The van der Waals surface area contributed by atoms with E-state index in [0.29, 0.717) is 110 Å². The summed E-state index contributed by atoms with van der Waals surface area (Å²) in [6.45, 7) is 9.77. The fourth-order valence-corrected chi connectivity index (χ4v) is 12.7. The van der Waals surface area contributed by atoms with Crippen LogP contribution in [0, 0.1) is 29.1 Å². The Morgan fingerprint density at radius 1 is 0.291 bits per heavy atom. The molecule has 5 atom stereocenters. The van der Waals surface area contributed by atoms with E-state index in [1.54, 1.807) is 20.8 Å². The molecule has 0 fully saturated rings. The zero-order valence-corrected chi connectivity index (χ0v) is 71.4. The molecule has 0 heterocycles. The van der Waals surface area contributed by atoms with Gasteiger partial charge in [0.05, 0.1) is 84.0 Å². The van der Waals surface area contributed by atoms with Crippen LogP contribution in [0.25, 0.3) is 0 Å². The molecule has 0 aromatic rings. The van der Waals surface area contributed by atoms with Gasteiger partial charge in [0.2, 0.25) is 23.6 Å². The Labute approximate surface area is 698 Å². The molecule has 31 heteroatoms. The Hall–Kier alpha value is -6.58. The number of aliphatic hydroxyl groups is 1. The van der Waals surface area contributed by atoms with Crippen LogP contribution in [0.2, 0.25) is 0 Å². The number of amides is 4. The van der Waals surface area contributed by atoms with E-state index in [2.05, 4.69) is 21.3 Å². The zero-order chi connectivity index (χ0) is 86.8. The Balaban J connectivity index is -0.0000673. The summed E-state index contributed by atoms with van der Waals surface area (Å²) in [5.74, 6) is -8.54. The predicted octanol–water partition coefficient (Wildman–Crippen LogP) is 11.1. The summed E-state index contributed by atoms with van der Waals surface area (Å²) < 4.78 is 43.6. The number of rotatable bonds is 88. The first kappa shape index (κ1) is 110. The molecule has 0 aliphatic carbocycles. The summed E-state index contributed by atoms with van der Waals surface area (Å²) >= 11 is 0. The standard InChI is InChI=1S/C86H150N4O27.2H2/c1-67(91)68(31-25-27-43-87-79(99)64-115-56-52-111-48-30-36-75(95)63-114-55-53-112-49-45-89-78(98)42-40-71(85(108)109)60-74(94)34-22-18-14-10-6-8-12-16-20-24-38-83(104)105)61-76(96)69(62-77(97)86(2,3)4)32-26-28-44-88-80(100)65-117-58-54-113-50-46-90-81(101)66-116-57-51-110-47-29-35-72(92)41-39-70(84(106)107)59-73(93)33-21-17-13-9-5-7-11-15-19-23-37-82(102)103;;/h68-72,92H,5-66H2,1-4H3,(H,87,99)(H,88,100)(H,89,98)(H,90,101)(H,102,103)(H,104,105)(H,106,107)(H,108,109);2*1H/t68?,69-,70-,71-,72?;;/m1../s1. The molecule has 0 aromatic heterocycles. The predicted molar refractivity (Wildman–Crippen MR) is 442 cm³/mol. The lowest BCUT2D eigenvalue weighted by atomic mass is 9.79. The van der Waals surface area contributed by atoms with Gasteiger partial charge in [0.25, 0.3) is 0 Å². The molecule has 0 aliphatic rings. The fourth-order valence-electron chi connectivity index (χ4n) is 12.7. The monoisotopic (exact) mass is 1680 g/mol. The molecule has 117 heavy (non-hydrogen) atoms. The Morgan fingerprint density at radius 2 is 0.641 bits per heavy atom. The minimum Gasteiger partial charge on any atom is -0.481 e. The number of carbonyl (C=O) groups excluding carboxylic acids is 10. The summed E-state index contributed by atoms with van der Waals surface area (Å²) in [5, 5.41) is 58.1. The summed E-state index contributed by atoms with van der Waals surface area (Å²) in [6.07, 6.45) is 24.9. The average Bonchev–Trinajstić information content (AvgIpc) is 0.879. The van der Waals surface area contributed by atoms with Crippen LogP contribution in [-0.2, 0) is 105 Å². The van der Waals surface area contributed by atoms with E-state index < -0.39 is 59.1 Å². The van der Waals surface area contributed by atoms with Crippen molar-refractivity contribution in [3.05, 3.63) is 0 Å². The molecule has 31 nitrogen and oxygen atoms in total. The van der Waals surface area contributed by atoms with Crippen LogP contribution in [0.4, 0.5) is 0 Å². The number of hydrogen-bond acceptors (Lipinski definition) is 23. The van der Waals surface area contributed by atoms with Gasteiger partial charge in [0, 0.05) is 124 Å². The van der Waals surface area contributed by atoms with Crippen LogP contribution >= 0.6 is 0 Å². The average molecular weight is 1680 g/mol. The highest BCUT2D eigenvalue weighted by molar-refractivity contribution is 5.93. The second kappa shape index (κ2) is 75.6. The number of unbranched alkanes of at least 4 members (excludes halogenated alkanes) is 20. The number of aliphatic carboxylic acids is 4. The first-order valence-electron chi connectivity index (χ1n) is 43.5. The van der Waals surface area contributed by atoms with Gasteiger partial charge in [0.15, 0.2) is 5.78 Å². The molecular formula is C86H154N4O27. The number of ketones is 6. The highest BCUT2D eigenvalue weighted by Gasteiger charge is 2.31. The second-order valence-electron chi connectivity index (χ2n) is 31.6. The van der Waals surface area contributed by atoms with E-state index in [4.69, 9.17) is 48.1 Å². The van der Waals surface area contributed by atoms with Crippen LogP contribution in [0.3, 0.4) is 0 Å². The number of hydrogen-bond donors (Lipinski definition) is 9. The van der Waals surface area contributed by atoms with Gasteiger partial charge in [-0.2, -0.15) is 0 Å². The highest BCUT2D eigenvalue weighted by Crippen LogP contribution is 2.28. The summed E-state index contributed by atoms with van der Waals surface area (Å²) in [5.41, 5.74) is -0.668. The Kier molecular flexibility index (Phi) is 71.4. The van der Waals surface area contributed by atoms with E-state index in [-0.39, 0.29) is 237 Å². The molecule has 680 valence electrons. The third-order valence-electron chi connectivity index (χ3n) is 19.9. The third-order valence-corrected chi connectivity index (χ3v) is 19.9. The van der Waals surface area contributed by atoms with Crippen molar-refractivity contribution < 1.29 is 133 Å². The number of ether oxygens (including phenoxy) is 8. The van der Waals surface area contributed by atoms with Crippen LogP contribution in [0.1, 0.15) is 300 Å². The van der Waals surface area contributed by atoms with Crippen molar-refractivity contribution >= 4 is 82.2 Å². The van der Waals surface area contributed by atoms with Gasteiger partial charge in [-0.15, -0.1) is 0 Å². The van der Waals surface area contributed by atoms with Crippen LogP contribution in [0.5, 0.6) is 0 Å². The molecule has 2 unspecified atom stereocenters. The minimum atomic E-state index is -1.10. The second-order valence-corrected chi connectivity index (χ2v) is 31.6. The maximum atomic E-state index is 13.8. The van der Waals surface area contributed by atoms with E-state index in [1.165, 1.54) is 6.92 Å². The molecule has 0 saturated heterocycles. The van der Waals surface area contributed by atoms with Crippen molar-refractivity contribution in [3.63, 3.8) is 0 Å². The third kappa shape index (κ3) is 73.1. The van der Waals surface area contributed by atoms with E-state index in [0.717, 1.165) is 116 Å². The molecule has 0 bridgehead atoms. The van der Waals surface area contributed by atoms with Crippen LogP contribution < -0.4 is 21.3 Å². The Bertz CT molecular complexity index is 2740. The quantitative estimate of drug-likeness (QED) is 0.0255. The van der Waals surface area contributed by atoms with E-state index in [1.807, 2.05) is 0 Å². The van der Waals surface area contributed by atoms with Crippen LogP contribution in [-0.4, -0.2) is 246 Å². The molecule has 0 aliphatic heterocycles. The van der Waals surface area contributed by atoms with Gasteiger partial charge < -0.3 is 84.7 Å². The lowest BCUT2D eigenvalue weighted by Crippen LogP contribution is -2.31. The molecule has 4 amide bonds. The topological polar surface area (TPSA) is 462 Å². The van der Waals surface area contributed by atoms with Gasteiger partial charge in [-0.25, -0.2) is 0 Å². The zero-order valence-electron chi connectivity index (χ0n) is 71.4. The van der Waals surface area contributed by atoms with E-state index >= 15 is 0 Å². The van der Waals surface area contributed by atoms with Crippen molar-refractivity contribution in [2.24, 2.45) is 29.1 Å². The maximum Gasteiger partial charge on any atom is 0.306 e. The normalized spacial score (nSPS) is 12.8. The highest BCUT2D eigenvalue weighted by atomic mass is 16.5. The van der Waals surface area contributed by atoms with E-state index in [9.17, 15) is 82.4 Å². The van der Waals surface area contributed by atoms with Gasteiger partial charge in [0.1, 0.15) is 55.3 Å². The number of carboxylic acids is 4. The molecule has 9 N–H and O–H groups in total. The largest absolute Gasteiger partial charge is 0.481 e. The van der Waals surface area contributed by atoms with Gasteiger partial charge in [-0.1, -0.05) is 136 Å². The summed E-state index contributed by atoms with van der Waals surface area (Å²) in [4.78, 5) is 171. The Morgan fingerprint density at radius 3 is 1.05 bits per heavy atom. The van der Waals surface area contributed by atoms with Crippen molar-refractivity contribution in [2.45, 2.75) is 303 Å². The summed E-state index contributed by atoms with van der Waals surface area (Å²) in [6, 6.07) is 0. The molecule has 0 radical (unpaired) electrons. The maximum absolute atomic E-state index is 13.8. The molecule has 0 rings (SSSR count). The van der Waals surface area contributed by atoms with Crippen molar-refractivity contribution in [1.29, 1.82) is 0 Å². The molecule has 0 aromatic carbocycles. The molecule has 0 saturated carbocycles. The minimum absolute atomic E-state index is 0. The van der Waals surface area contributed by atoms with Crippen LogP contribution in [0.15, 0.2) is 0 Å². The molecular weight excluding hydrogens is 1520 g/mol.